The van der Waals surface area contributed by atoms with Crippen molar-refractivity contribution in [2.75, 3.05) is 0 Å². The minimum atomic E-state index is -2.55. The molecule has 0 spiro atoms. The van der Waals surface area contributed by atoms with Gasteiger partial charge in [-0.05, 0) is 0 Å². The molecule has 0 radical (unpaired) electrons. The average Bonchev–Trinajstić information content (AvgIpc) is 2.63. The van der Waals surface area contributed by atoms with Crippen LogP contribution in [0.4, 0.5) is 0 Å². The van der Waals surface area contributed by atoms with E-state index in [2.05, 4.69) is 0 Å². The van der Waals surface area contributed by atoms with Gasteiger partial charge in [0.2, 0.25) is 0 Å². The number of benzene rings is 3. The quantitative estimate of drug-likeness (QED) is 0.622. The summed E-state index contributed by atoms with van der Waals surface area (Å²) < 4.78 is 43.0. The fourth-order valence-electron chi connectivity index (χ4n) is 1.83. The Morgan fingerprint density at radius 3 is 1.53 bits per heavy atom. The van der Waals surface area contributed by atoms with Crippen LogP contribution in [0.2, 0.25) is 0 Å². The van der Waals surface area contributed by atoms with E-state index < -0.39 is 19.6 Å². The van der Waals surface area contributed by atoms with Crippen LogP contribution in [0, 0.1) is 0 Å². The van der Waals surface area contributed by atoms with Crippen molar-refractivity contribution in [1.82, 2.24) is 0 Å². The second-order valence-electron chi connectivity index (χ2n) is 3.89. The first-order chi connectivity index (χ1) is 11.5. The fraction of sp³-hybridized carbons (Fsp3) is 0. The summed E-state index contributed by atoms with van der Waals surface area (Å²) in [7, 11) is 0. The van der Waals surface area contributed by atoms with Crippen LogP contribution in [0.25, 0.3) is 0 Å². The van der Waals surface area contributed by atoms with Crippen molar-refractivity contribution in [3.63, 3.8) is 0 Å². The van der Waals surface area contributed by atoms with Gasteiger partial charge < -0.3 is 0 Å². The zero-order chi connectivity index (χ0) is 17.3. The predicted octanol–water partition coefficient (Wildman–Crippen LogP) is 2.20. The van der Waals surface area contributed by atoms with Crippen LogP contribution in [-0.2, 0) is 0 Å². The normalized spacial score (nSPS) is 14.3. The fourth-order valence-corrected chi connectivity index (χ4v) is 7.27. The summed E-state index contributed by atoms with van der Waals surface area (Å²) in [6, 6.07) is 18.5. The molecule has 0 heterocycles. The number of hydrogen-bond donors (Lipinski definition) is 0. The molecule has 0 aliphatic carbocycles. The van der Waals surface area contributed by atoms with Crippen molar-refractivity contribution >= 4 is 30.4 Å². The van der Waals surface area contributed by atoms with Gasteiger partial charge in [0.25, 0.3) is 0 Å². The van der Waals surface area contributed by atoms with E-state index in [4.69, 9.17) is 6.85 Å². The van der Waals surface area contributed by atoms with Gasteiger partial charge in [-0.1, -0.05) is 0 Å². The van der Waals surface area contributed by atoms with Crippen molar-refractivity contribution < 1.29 is 6.85 Å². The molecule has 0 N–H and O–H groups in total. The maximum absolute atomic E-state index is 8.33. The maximum atomic E-state index is 8.33. The Morgan fingerprint density at radius 1 is 0.579 bits per heavy atom. The average molecular weight is 369 g/mol. The van der Waals surface area contributed by atoms with E-state index in [9.17, 15) is 0 Å². The van der Waals surface area contributed by atoms with E-state index >= 15 is 0 Å². The molecule has 0 fully saturated rings. The van der Waals surface area contributed by atoms with Crippen LogP contribution >= 0.6 is 0 Å². The van der Waals surface area contributed by atoms with Crippen molar-refractivity contribution in [3.05, 3.63) is 90.9 Å². The summed E-state index contributed by atoms with van der Waals surface area (Å²) in [5.41, 5.74) is 0. The Labute approximate surface area is 128 Å². The molecule has 1 heteroatoms. The SMILES string of the molecule is [3H]c1c([3H])c([3H])c([Te+](c2ccccc2)c2ccccc2)c([3H])c1[3H]. The van der Waals surface area contributed by atoms with Crippen molar-refractivity contribution in [2.45, 2.75) is 0 Å². The molecule has 0 aromatic heterocycles. The van der Waals surface area contributed by atoms with Crippen LogP contribution in [-0.4, -0.2) is 19.6 Å². The number of hydrogen-bond acceptors (Lipinski definition) is 0. The van der Waals surface area contributed by atoms with Gasteiger partial charge in [0.15, 0.2) is 0 Å². The zero-order valence-electron chi connectivity index (χ0n) is 15.2. The molecule has 19 heavy (non-hydrogen) atoms. The molecule has 3 aromatic rings. The van der Waals surface area contributed by atoms with Crippen LogP contribution in [0.1, 0.15) is 6.85 Å². The van der Waals surface area contributed by atoms with Gasteiger partial charge in [-0.15, -0.1) is 0 Å². The van der Waals surface area contributed by atoms with E-state index in [0.717, 1.165) is 7.22 Å². The summed E-state index contributed by atoms with van der Waals surface area (Å²) in [4.78, 5) is 0. The summed E-state index contributed by atoms with van der Waals surface area (Å²) in [5, 5.41) is 0. The molecule has 92 valence electrons. The van der Waals surface area contributed by atoms with E-state index in [1.54, 1.807) is 0 Å². The Morgan fingerprint density at radius 2 is 1.05 bits per heavy atom. The molecule has 0 saturated carbocycles. The molecule has 3 aromatic carbocycles. The van der Waals surface area contributed by atoms with Crippen LogP contribution in [0.5, 0.6) is 0 Å². The first kappa shape index (κ1) is 7.90. The van der Waals surface area contributed by atoms with Crippen molar-refractivity contribution in [3.8, 4) is 0 Å². The summed E-state index contributed by atoms with van der Waals surface area (Å²) in [5.74, 6) is 0. The molecule has 0 aliphatic heterocycles. The van der Waals surface area contributed by atoms with Gasteiger partial charge in [-0.25, -0.2) is 0 Å². The third-order valence-electron chi connectivity index (χ3n) is 2.64. The standard InChI is InChI=1S/C18H15Te/c1-4-10-16(11-5-1)19(17-12-6-2-7-13-17)18-14-8-3-9-15-18/h1-15H/q+1/i1T,4T,5T,10T,11T. The topological polar surface area (TPSA) is 0 Å². The second kappa shape index (κ2) is 6.06. The third-order valence-corrected chi connectivity index (χ3v) is 8.63. The minimum absolute atomic E-state index is 0.0784. The van der Waals surface area contributed by atoms with E-state index in [1.807, 2.05) is 60.7 Å². The molecule has 0 saturated heterocycles. The van der Waals surface area contributed by atoms with Gasteiger partial charge >= 0.3 is 128 Å². The first-order valence-corrected chi connectivity index (χ1v) is 9.43. The van der Waals surface area contributed by atoms with Crippen molar-refractivity contribution in [1.29, 1.82) is 0 Å². The Balaban J connectivity index is 2.33. The monoisotopic (exact) mass is 371 g/mol. The summed E-state index contributed by atoms with van der Waals surface area (Å²) in [6.45, 7) is 0. The molecule has 0 amide bonds. The van der Waals surface area contributed by atoms with Gasteiger partial charge in [-0.3, -0.25) is 0 Å². The molecule has 0 atom stereocenters. The molecule has 0 unspecified atom stereocenters. The molecule has 0 nitrogen and oxygen atoms in total. The summed E-state index contributed by atoms with van der Waals surface area (Å²) >= 11 is -2.55. The van der Waals surface area contributed by atoms with Gasteiger partial charge in [0.1, 0.15) is 0 Å². The second-order valence-corrected chi connectivity index (χ2v) is 9.49. The van der Waals surface area contributed by atoms with Crippen LogP contribution < -0.4 is 10.8 Å². The first-order valence-electron chi connectivity index (χ1n) is 8.43. The van der Waals surface area contributed by atoms with Crippen molar-refractivity contribution in [2.24, 2.45) is 0 Å². The van der Waals surface area contributed by atoms with Gasteiger partial charge in [0, 0.05) is 0 Å². The zero-order valence-corrected chi connectivity index (χ0v) is 12.5. The Hall–Kier alpha value is -1.55. The van der Waals surface area contributed by atoms with Gasteiger partial charge in [0.05, 0.1) is 0 Å². The number of rotatable bonds is 3. The molecular weight excluding hydrogens is 344 g/mol. The van der Waals surface area contributed by atoms with Crippen LogP contribution in [0.3, 0.4) is 0 Å². The molecule has 0 aliphatic rings. The molecule has 0 bridgehead atoms. The molecule has 3 rings (SSSR count). The summed E-state index contributed by atoms with van der Waals surface area (Å²) in [6.07, 6.45) is 0. The Kier molecular flexibility index (Phi) is 2.52. The van der Waals surface area contributed by atoms with Crippen LogP contribution in [0.15, 0.2) is 90.9 Å². The third kappa shape index (κ3) is 2.89. The van der Waals surface area contributed by atoms with E-state index in [1.165, 1.54) is 0 Å². The van der Waals surface area contributed by atoms with E-state index in [0.29, 0.717) is 3.61 Å². The molecular formula is C18H15Te+. The van der Waals surface area contributed by atoms with E-state index in [-0.39, 0.29) is 30.2 Å². The predicted molar refractivity (Wildman–Crippen MR) is 84.0 cm³/mol. The van der Waals surface area contributed by atoms with Gasteiger partial charge in [-0.2, -0.15) is 0 Å². The Bertz CT molecular complexity index is 797.